The molecule has 2 aliphatic carbocycles. The van der Waals surface area contributed by atoms with Crippen molar-refractivity contribution in [3.63, 3.8) is 0 Å². The van der Waals surface area contributed by atoms with E-state index in [0.717, 1.165) is 56.2 Å². The fourth-order valence-electron chi connectivity index (χ4n) is 5.35. The minimum Gasteiger partial charge on any atom is -0.322 e. The maximum Gasteiger partial charge on any atom is 0.324 e. The van der Waals surface area contributed by atoms with Crippen LogP contribution >= 0.6 is 0 Å². The molecular weight excluding hydrogens is 324 g/mol. The molecule has 1 N–H and O–H groups in total. The fraction of sp³-hybridized carbons (Fsp3) is 0.619. The average Bonchev–Trinajstić information content (AvgIpc) is 3.39. The Morgan fingerprint density at radius 2 is 2.04 bits per heavy atom. The molecule has 5 nitrogen and oxygen atoms in total. The Morgan fingerprint density at radius 3 is 2.81 bits per heavy atom. The van der Waals surface area contributed by atoms with Crippen LogP contribution in [0.25, 0.3) is 0 Å². The molecule has 1 aliphatic heterocycles. The predicted octanol–water partition coefficient (Wildman–Crippen LogP) is 3.28. The summed E-state index contributed by atoms with van der Waals surface area (Å²) in [5, 5.41) is 7.58. The lowest BCUT2D eigenvalue weighted by atomic mass is 9.82. The third kappa shape index (κ3) is 3.13. The van der Waals surface area contributed by atoms with Gasteiger partial charge in [-0.2, -0.15) is 4.98 Å². The Bertz CT molecular complexity index is 780. The van der Waals surface area contributed by atoms with Crippen molar-refractivity contribution in [2.75, 3.05) is 31.1 Å². The van der Waals surface area contributed by atoms with Crippen LogP contribution in [0.3, 0.4) is 0 Å². The lowest BCUT2D eigenvalue weighted by Gasteiger charge is -2.24. The zero-order valence-electron chi connectivity index (χ0n) is 15.6. The summed E-state index contributed by atoms with van der Waals surface area (Å²) in [5.74, 6) is 3.46. The monoisotopic (exact) mass is 352 g/mol. The first-order chi connectivity index (χ1) is 12.7. The van der Waals surface area contributed by atoms with Crippen molar-refractivity contribution >= 4 is 6.01 Å². The molecular formula is C21H28N4O. The molecule has 1 aromatic carbocycles. The van der Waals surface area contributed by atoms with Crippen molar-refractivity contribution in [3.05, 3.63) is 40.7 Å². The quantitative estimate of drug-likeness (QED) is 0.915. The smallest absolute Gasteiger partial charge is 0.322 e. The molecule has 1 aromatic heterocycles. The van der Waals surface area contributed by atoms with Crippen molar-refractivity contribution in [2.24, 2.45) is 11.8 Å². The number of rotatable bonds is 4. The first kappa shape index (κ1) is 16.3. The van der Waals surface area contributed by atoms with Crippen LogP contribution in [0.15, 0.2) is 22.7 Å². The summed E-state index contributed by atoms with van der Waals surface area (Å²) < 4.78 is 5.51. The Labute approximate surface area is 155 Å². The number of anilines is 1. The van der Waals surface area contributed by atoms with E-state index in [1.165, 1.54) is 42.4 Å². The van der Waals surface area contributed by atoms with Crippen molar-refractivity contribution in [1.29, 1.82) is 0 Å². The first-order valence-corrected chi connectivity index (χ1v) is 10.1. The Morgan fingerprint density at radius 1 is 1.15 bits per heavy atom. The lowest BCUT2D eigenvalue weighted by Crippen LogP contribution is -2.43. The predicted molar refractivity (Wildman–Crippen MR) is 102 cm³/mol. The largest absolute Gasteiger partial charge is 0.324 e. The molecule has 0 radical (unpaired) electrons. The number of aromatic nitrogens is 2. The van der Waals surface area contributed by atoms with E-state index in [1.807, 2.05) is 0 Å². The van der Waals surface area contributed by atoms with E-state index in [4.69, 9.17) is 4.52 Å². The van der Waals surface area contributed by atoms with Gasteiger partial charge in [0.15, 0.2) is 5.82 Å². The number of aryl methyl sites for hydroxylation is 1. The standard InChI is InChI=1S/C21H28N4O/c1-14-8-16(11-18(9-14)19-12-15-2-3-17(19)10-15)13-20-23-21(26-24-20)25-6-4-22-5-7-25/h8-9,11,15,17,19,22H,2-7,10,12-13H2,1H3/t15-,17+,19?/m1/s1. The van der Waals surface area contributed by atoms with Gasteiger partial charge >= 0.3 is 6.01 Å². The fourth-order valence-corrected chi connectivity index (χ4v) is 5.35. The van der Waals surface area contributed by atoms with Crippen LogP contribution in [0.2, 0.25) is 0 Å². The number of nitrogens with one attached hydrogen (secondary N) is 1. The number of piperazine rings is 1. The van der Waals surface area contributed by atoms with Crippen LogP contribution in [0.4, 0.5) is 6.01 Å². The summed E-state index contributed by atoms with van der Waals surface area (Å²) >= 11 is 0. The highest BCUT2D eigenvalue weighted by molar-refractivity contribution is 5.35. The number of fused-ring (bicyclic) bond motifs is 2. The molecule has 3 atom stereocenters. The molecule has 2 aromatic rings. The molecule has 1 saturated heterocycles. The molecule has 2 bridgehead atoms. The molecule has 0 spiro atoms. The van der Waals surface area contributed by atoms with Gasteiger partial charge in [-0.15, -0.1) is 0 Å². The number of benzene rings is 1. The zero-order chi connectivity index (χ0) is 17.5. The maximum absolute atomic E-state index is 5.51. The first-order valence-electron chi connectivity index (χ1n) is 10.1. The average molecular weight is 352 g/mol. The minimum absolute atomic E-state index is 0.669. The number of hydrogen-bond acceptors (Lipinski definition) is 5. The number of nitrogens with zero attached hydrogens (tertiary/aromatic N) is 3. The van der Waals surface area contributed by atoms with Crippen molar-refractivity contribution < 1.29 is 4.52 Å². The second kappa shape index (κ2) is 6.69. The molecule has 2 saturated carbocycles. The molecule has 5 rings (SSSR count). The summed E-state index contributed by atoms with van der Waals surface area (Å²) in [6.45, 7) is 6.02. The SMILES string of the molecule is Cc1cc(Cc2noc(N3CCNCC3)n2)cc(C2C[C@@H]3CC[C@H]2C3)c1. The van der Waals surface area contributed by atoms with Crippen molar-refractivity contribution in [2.45, 2.75) is 44.9 Å². The van der Waals surface area contributed by atoms with Gasteiger partial charge in [0, 0.05) is 32.6 Å². The topological polar surface area (TPSA) is 54.2 Å². The summed E-state index contributed by atoms with van der Waals surface area (Å²) in [5.41, 5.74) is 4.21. The van der Waals surface area contributed by atoms with Crippen LogP contribution in [0.1, 0.15) is 54.1 Å². The highest BCUT2D eigenvalue weighted by Crippen LogP contribution is 2.53. The molecule has 5 heteroatoms. The van der Waals surface area contributed by atoms with Gasteiger partial charge in [-0.1, -0.05) is 35.3 Å². The number of hydrogen-bond donors (Lipinski definition) is 1. The maximum atomic E-state index is 5.51. The zero-order valence-corrected chi connectivity index (χ0v) is 15.6. The second-order valence-corrected chi connectivity index (χ2v) is 8.44. The Hall–Kier alpha value is -1.88. The van der Waals surface area contributed by atoms with Gasteiger partial charge in [-0.25, -0.2) is 0 Å². The summed E-state index contributed by atoms with van der Waals surface area (Å²) in [7, 11) is 0. The van der Waals surface area contributed by atoms with E-state index in [0.29, 0.717) is 6.01 Å². The van der Waals surface area contributed by atoms with Crippen molar-refractivity contribution in [1.82, 2.24) is 15.5 Å². The summed E-state index contributed by atoms with van der Waals surface area (Å²) in [6.07, 6.45) is 6.48. The van der Waals surface area contributed by atoms with Gasteiger partial charge in [-0.05, 0) is 55.1 Å². The van der Waals surface area contributed by atoms with E-state index < -0.39 is 0 Å². The minimum atomic E-state index is 0.669. The highest BCUT2D eigenvalue weighted by atomic mass is 16.5. The Kier molecular flexibility index (Phi) is 4.20. The van der Waals surface area contributed by atoms with E-state index >= 15 is 0 Å². The third-order valence-corrected chi connectivity index (χ3v) is 6.53. The van der Waals surface area contributed by atoms with E-state index in [1.54, 1.807) is 0 Å². The molecule has 1 unspecified atom stereocenters. The Balaban J connectivity index is 1.33. The van der Waals surface area contributed by atoms with Crippen LogP contribution in [0, 0.1) is 18.8 Å². The van der Waals surface area contributed by atoms with Crippen LogP contribution < -0.4 is 10.2 Å². The van der Waals surface area contributed by atoms with Gasteiger partial charge in [0.05, 0.1) is 0 Å². The van der Waals surface area contributed by atoms with E-state index in [9.17, 15) is 0 Å². The van der Waals surface area contributed by atoms with E-state index in [2.05, 4.69) is 45.5 Å². The van der Waals surface area contributed by atoms with Gasteiger partial charge in [0.2, 0.25) is 0 Å². The molecule has 138 valence electrons. The normalized spacial score (nSPS) is 28.0. The second-order valence-electron chi connectivity index (χ2n) is 8.44. The highest BCUT2D eigenvalue weighted by Gasteiger charge is 2.40. The van der Waals surface area contributed by atoms with Gasteiger partial charge in [-0.3, -0.25) is 0 Å². The van der Waals surface area contributed by atoms with Crippen LogP contribution in [-0.4, -0.2) is 36.3 Å². The van der Waals surface area contributed by atoms with Gasteiger partial charge in [0.25, 0.3) is 0 Å². The van der Waals surface area contributed by atoms with Crippen LogP contribution in [-0.2, 0) is 6.42 Å². The summed E-state index contributed by atoms with van der Waals surface area (Å²) in [6, 6.07) is 7.75. The van der Waals surface area contributed by atoms with Crippen molar-refractivity contribution in [3.8, 4) is 0 Å². The summed E-state index contributed by atoms with van der Waals surface area (Å²) in [4.78, 5) is 6.82. The third-order valence-electron chi connectivity index (χ3n) is 6.53. The molecule has 3 aliphatic rings. The molecule has 2 heterocycles. The van der Waals surface area contributed by atoms with Crippen LogP contribution in [0.5, 0.6) is 0 Å². The lowest BCUT2D eigenvalue weighted by molar-refractivity contribution is 0.399. The van der Waals surface area contributed by atoms with E-state index in [-0.39, 0.29) is 0 Å². The molecule has 26 heavy (non-hydrogen) atoms. The van der Waals surface area contributed by atoms with Gasteiger partial charge in [0.1, 0.15) is 0 Å². The molecule has 0 amide bonds. The molecule has 3 fully saturated rings. The van der Waals surface area contributed by atoms with Gasteiger partial charge < -0.3 is 14.7 Å².